The van der Waals surface area contributed by atoms with Gasteiger partial charge in [-0.3, -0.25) is 0 Å². The molecule has 6 nitrogen and oxygen atoms in total. The van der Waals surface area contributed by atoms with E-state index in [0.717, 1.165) is 6.42 Å². The molecule has 0 rings (SSSR count). The summed E-state index contributed by atoms with van der Waals surface area (Å²) in [7, 11) is 1.72. The molecule has 0 spiro atoms. The third-order valence-electron chi connectivity index (χ3n) is 3.17. The van der Waals surface area contributed by atoms with Crippen LogP contribution in [-0.2, 0) is 4.74 Å². The quantitative estimate of drug-likeness (QED) is 0.723. The molecule has 136 valence electrons. The van der Waals surface area contributed by atoms with Crippen LogP contribution in [0.15, 0.2) is 0 Å². The number of halogens is 1. The number of carbonyl (C=O) groups excluding carboxylic acids is 2. The van der Waals surface area contributed by atoms with E-state index in [0.29, 0.717) is 19.0 Å². The molecule has 0 unspecified atom stereocenters. The van der Waals surface area contributed by atoms with E-state index < -0.39 is 11.7 Å². The fourth-order valence-electron chi connectivity index (χ4n) is 1.75. The van der Waals surface area contributed by atoms with Crippen molar-refractivity contribution < 1.29 is 14.3 Å². The second kappa shape index (κ2) is 9.21. The molecule has 7 heteroatoms. The molecule has 2 N–H and O–H groups in total. The minimum absolute atomic E-state index is 0.185. The lowest BCUT2D eigenvalue weighted by atomic mass is 9.87. The average molecular weight is 350 g/mol. The van der Waals surface area contributed by atoms with Gasteiger partial charge in [-0.2, -0.15) is 0 Å². The van der Waals surface area contributed by atoms with E-state index in [1.165, 1.54) is 0 Å². The highest BCUT2D eigenvalue weighted by atomic mass is 35.5. The summed E-state index contributed by atoms with van der Waals surface area (Å²) in [6, 6.07) is -0.432. The Hall–Kier alpha value is -1.17. The molecule has 0 radical (unpaired) electrons. The van der Waals surface area contributed by atoms with Crippen LogP contribution < -0.4 is 10.6 Å². The first-order valence-electron chi connectivity index (χ1n) is 7.91. The van der Waals surface area contributed by atoms with Gasteiger partial charge in [-0.25, -0.2) is 9.59 Å². The number of nitrogens with one attached hydrogen (secondary N) is 2. The Labute approximate surface area is 145 Å². The monoisotopic (exact) mass is 349 g/mol. The van der Waals surface area contributed by atoms with E-state index in [4.69, 9.17) is 16.3 Å². The van der Waals surface area contributed by atoms with Crippen LogP contribution in [0.1, 0.15) is 48.0 Å². The number of urea groups is 1. The summed E-state index contributed by atoms with van der Waals surface area (Å²) in [5.41, 5.74) is -0.781. The third-order valence-corrected chi connectivity index (χ3v) is 3.43. The van der Waals surface area contributed by atoms with Crippen LogP contribution in [0.4, 0.5) is 9.59 Å². The van der Waals surface area contributed by atoms with Gasteiger partial charge in [-0.1, -0.05) is 20.8 Å². The smallest absolute Gasteiger partial charge is 0.407 e. The first-order chi connectivity index (χ1) is 10.4. The van der Waals surface area contributed by atoms with Crippen molar-refractivity contribution in [1.29, 1.82) is 0 Å². The maximum absolute atomic E-state index is 12.0. The third kappa shape index (κ3) is 10.3. The van der Waals surface area contributed by atoms with Gasteiger partial charge < -0.3 is 20.3 Å². The number of carbonyl (C=O) groups is 2. The number of alkyl carbamates (subject to hydrolysis) is 1. The van der Waals surface area contributed by atoms with Crippen molar-refractivity contribution in [2.75, 3.05) is 26.0 Å². The Balaban J connectivity index is 4.59. The summed E-state index contributed by atoms with van der Waals surface area (Å²) in [5.74, 6) is 0.516. The summed E-state index contributed by atoms with van der Waals surface area (Å²) >= 11 is 5.63. The van der Waals surface area contributed by atoms with Gasteiger partial charge in [-0.15, -0.1) is 11.6 Å². The molecule has 0 bridgehead atoms. The first-order valence-corrected chi connectivity index (χ1v) is 8.44. The average Bonchev–Trinajstić information content (AvgIpc) is 2.36. The lowest BCUT2D eigenvalue weighted by Crippen LogP contribution is -2.53. The van der Waals surface area contributed by atoms with Gasteiger partial charge in [-0.05, 0) is 32.6 Å². The van der Waals surface area contributed by atoms with Crippen molar-refractivity contribution in [2.24, 2.45) is 5.41 Å². The molecule has 0 heterocycles. The van der Waals surface area contributed by atoms with E-state index >= 15 is 0 Å². The zero-order valence-electron chi connectivity index (χ0n) is 15.5. The highest BCUT2D eigenvalue weighted by Crippen LogP contribution is 2.19. The predicted octanol–water partition coefficient (Wildman–Crippen LogP) is 3.20. The Kier molecular flexibility index (Phi) is 8.74. The van der Waals surface area contributed by atoms with Crippen LogP contribution in [0.25, 0.3) is 0 Å². The van der Waals surface area contributed by atoms with Gasteiger partial charge in [0, 0.05) is 26.0 Å². The van der Waals surface area contributed by atoms with Gasteiger partial charge >= 0.3 is 12.1 Å². The van der Waals surface area contributed by atoms with Crippen molar-refractivity contribution in [3.8, 4) is 0 Å². The van der Waals surface area contributed by atoms with Gasteiger partial charge in [0.25, 0.3) is 0 Å². The van der Waals surface area contributed by atoms with Gasteiger partial charge in [0.1, 0.15) is 5.60 Å². The number of ether oxygens (including phenoxy) is 1. The van der Waals surface area contributed by atoms with Crippen molar-refractivity contribution in [3.63, 3.8) is 0 Å². The molecule has 0 aromatic rings. The van der Waals surface area contributed by atoms with Crippen LogP contribution in [0, 0.1) is 5.41 Å². The van der Waals surface area contributed by atoms with E-state index in [1.807, 2.05) is 41.5 Å². The summed E-state index contributed by atoms with van der Waals surface area (Å²) in [6.07, 6.45) is 0.256. The topological polar surface area (TPSA) is 70.7 Å². The number of alkyl halides is 1. The standard InChI is InChI=1S/C16H32ClN3O3/c1-15(2,3)12(19-14(22)23-16(4,5)6)11-18-13(21)20(7)10-8-9-17/h12H,8-11H2,1-7H3,(H,18,21)(H,19,22)/t12-/m0/s1. The molecule has 0 saturated carbocycles. The maximum atomic E-state index is 12.0. The lowest BCUT2D eigenvalue weighted by molar-refractivity contribution is 0.0463. The summed E-state index contributed by atoms with van der Waals surface area (Å²) in [6.45, 7) is 12.3. The van der Waals surface area contributed by atoms with E-state index in [9.17, 15) is 9.59 Å². The Bertz CT molecular complexity index is 389. The molecule has 0 aromatic carbocycles. The van der Waals surface area contributed by atoms with Crippen LogP contribution >= 0.6 is 11.6 Å². The molecule has 1 atom stereocenters. The fraction of sp³-hybridized carbons (Fsp3) is 0.875. The molecule has 0 aliphatic heterocycles. The number of nitrogens with zero attached hydrogens (tertiary/aromatic N) is 1. The summed E-state index contributed by atoms with van der Waals surface area (Å²) in [5, 5.41) is 5.68. The number of hydrogen-bond donors (Lipinski definition) is 2. The minimum Gasteiger partial charge on any atom is -0.444 e. The SMILES string of the molecule is CN(CCCCl)C(=O)NC[C@H](NC(=O)OC(C)(C)C)C(C)(C)C. The molecule has 0 aliphatic rings. The van der Waals surface area contributed by atoms with Crippen LogP contribution in [0.3, 0.4) is 0 Å². The molecule has 0 aromatic heterocycles. The number of amides is 3. The molecule has 23 heavy (non-hydrogen) atoms. The van der Waals surface area contributed by atoms with Crippen molar-refractivity contribution >= 4 is 23.7 Å². The molecule has 0 fully saturated rings. The second-order valence-electron chi connectivity index (χ2n) is 7.71. The van der Waals surface area contributed by atoms with E-state index in [2.05, 4.69) is 10.6 Å². The van der Waals surface area contributed by atoms with Crippen molar-refractivity contribution in [2.45, 2.75) is 59.6 Å². The fourth-order valence-corrected chi connectivity index (χ4v) is 1.87. The Morgan fingerprint density at radius 1 is 1.17 bits per heavy atom. The van der Waals surface area contributed by atoms with Crippen molar-refractivity contribution in [1.82, 2.24) is 15.5 Å². The van der Waals surface area contributed by atoms with Crippen LogP contribution in [0.5, 0.6) is 0 Å². The first kappa shape index (κ1) is 21.8. The van der Waals surface area contributed by atoms with Crippen LogP contribution in [0.2, 0.25) is 0 Å². The lowest BCUT2D eigenvalue weighted by Gasteiger charge is -2.33. The van der Waals surface area contributed by atoms with E-state index in [-0.39, 0.29) is 17.5 Å². The molecular weight excluding hydrogens is 318 g/mol. The predicted molar refractivity (Wildman–Crippen MR) is 94.0 cm³/mol. The Morgan fingerprint density at radius 2 is 1.74 bits per heavy atom. The van der Waals surface area contributed by atoms with Gasteiger partial charge in [0.15, 0.2) is 0 Å². The van der Waals surface area contributed by atoms with Crippen molar-refractivity contribution in [3.05, 3.63) is 0 Å². The Morgan fingerprint density at radius 3 is 2.17 bits per heavy atom. The van der Waals surface area contributed by atoms with Crippen LogP contribution in [-0.4, -0.2) is 54.7 Å². The van der Waals surface area contributed by atoms with Gasteiger partial charge in [0.05, 0.1) is 6.04 Å². The zero-order valence-corrected chi connectivity index (χ0v) is 16.2. The second-order valence-corrected chi connectivity index (χ2v) is 8.09. The summed E-state index contributed by atoms with van der Waals surface area (Å²) in [4.78, 5) is 25.6. The molecule has 0 aliphatic carbocycles. The number of rotatable bonds is 6. The molecular formula is C16H32ClN3O3. The largest absolute Gasteiger partial charge is 0.444 e. The summed E-state index contributed by atoms with van der Waals surface area (Å²) < 4.78 is 5.28. The zero-order chi connectivity index (χ0) is 18.3. The highest BCUT2D eigenvalue weighted by Gasteiger charge is 2.29. The number of hydrogen-bond acceptors (Lipinski definition) is 3. The molecule has 0 saturated heterocycles. The minimum atomic E-state index is -0.558. The van der Waals surface area contributed by atoms with Gasteiger partial charge in [0.2, 0.25) is 0 Å². The molecule has 3 amide bonds. The normalized spacial score (nSPS) is 13.2. The van der Waals surface area contributed by atoms with E-state index in [1.54, 1.807) is 11.9 Å². The highest BCUT2D eigenvalue weighted by molar-refractivity contribution is 6.17. The maximum Gasteiger partial charge on any atom is 0.407 e.